The first-order valence-corrected chi connectivity index (χ1v) is 2.38. The number of carbonyl (C=O) groups is 1. The van der Waals surface area contributed by atoms with Gasteiger partial charge in [0.05, 0.1) is 0 Å². The highest BCUT2D eigenvalue weighted by atomic mass is 19.4. The van der Waals surface area contributed by atoms with Gasteiger partial charge in [0, 0.05) is 5.23 Å². The van der Waals surface area contributed by atoms with Crippen LogP contribution in [0, 0.1) is 11.5 Å². The van der Waals surface area contributed by atoms with Crippen molar-refractivity contribution in [3.8, 4) is 6.26 Å². The Morgan fingerprint density at radius 2 is 2.08 bits per heavy atom. The second-order valence-electron chi connectivity index (χ2n) is 1.33. The Balaban J connectivity index is 4.12. The van der Waals surface area contributed by atoms with Crippen LogP contribution in [0.3, 0.4) is 0 Å². The van der Waals surface area contributed by atoms with E-state index in [1.807, 2.05) is 0 Å². The molecular weight excluding hydrogens is 201 g/mol. The summed E-state index contributed by atoms with van der Waals surface area (Å²) in [7, 11) is 0. The molecule has 0 rings (SSSR count). The molecule has 0 saturated heterocycles. The standard InChI is InChI=1S/C3HF3N2O5/c4-3(5,6)12-8(2(9)10)13-11-1-7/h(H,9,10). The normalized spacial score (nSPS) is 10.3. The van der Waals surface area contributed by atoms with Crippen molar-refractivity contribution in [1.82, 2.24) is 5.23 Å². The third kappa shape index (κ3) is 5.53. The van der Waals surface area contributed by atoms with Crippen molar-refractivity contribution in [1.29, 1.82) is 5.26 Å². The molecule has 0 aromatic heterocycles. The van der Waals surface area contributed by atoms with Gasteiger partial charge in [-0.05, 0) is 4.99 Å². The Bertz CT molecular complexity index is 222. The van der Waals surface area contributed by atoms with E-state index in [2.05, 4.69) is 14.7 Å². The van der Waals surface area contributed by atoms with E-state index in [9.17, 15) is 18.0 Å². The topological polar surface area (TPSA) is 92.0 Å². The van der Waals surface area contributed by atoms with E-state index in [0.29, 0.717) is 0 Å². The van der Waals surface area contributed by atoms with Crippen molar-refractivity contribution in [3.05, 3.63) is 0 Å². The molecule has 0 spiro atoms. The van der Waals surface area contributed by atoms with E-state index in [1.54, 1.807) is 0 Å². The van der Waals surface area contributed by atoms with Crippen LogP contribution in [0.2, 0.25) is 0 Å². The highest BCUT2D eigenvalue weighted by Gasteiger charge is 2.37. The molecule has 1 amide bonds. The fourth-order valence-electron chi connectivity index (χ4n) is 0.231. The quantitative estimate of drug-likeness (QED) is 0.412. The minimum absolute atomic E-state index is 0.764. The van der Waals surface area contributed by atoms with Crippen molar-refractivity contribution in [2.45, 2.75) is 6.36 Å². The summed E-state index contributed by atoms with van der Waals surface area (Å²) in [6, 6.07) is 0. The second-order valence-corrected chi connectivity index (χ2v) is 1.33. The van der Waals surface area contributed by atoms with Gasteiger partial charge in [-0.1, -0.05) is 0 Å². The fraction of sp³-hybridized carbons (Fsp3) is 0.333. The minimum Gasteiger partial charge on any atom is -0.462 e. The summed E-state index contributed by atoms with van der Waals surface area (Å²) in [5.74, 6) is 0. The lowest BCUT2D eigenvalue weighted by Gasteiger charge is -2.13. The largest absolute Gasteiger partial charge is 0.546 e. The van der Waals surface area contributed by atoms with Crippen LogP contribution in [0.25, 0.3) is 0 Å². The average molecular weight is 202 g/mol. The second kappa shape index (κ2) is 4.33. The zero-order chi connectivity index (χ0) is 10.5. The molecule has 0 saturated carbocycles. The van der Waals surface area contributed by atoms with Gasteiger partial charge in [0.1, 0.15) is 0 Å². The van der Waals surface area contributed by atoms with Crippen LogP contribution in [-0.4, -0.2) is 22.8 Å². The summed E-state index contributed by atoms with van der Waals surface area (Å²) in [4.78, 5) is 19.1. The van der Waals surface area contributed by atoms with E-state index in [0.717, 1.165) is 6.26 Å². The Kier molecular flexibility index (Phi) is 3.76. The van der Waals surface area contributed by atoms with E-state index in [4.69, 9.17) is 10.4 Å². The first-order valence-electron chi connectivity index (χ1n) is 2.38. The number of alkyl halides is 3. The molecular formula is C3HF3N2O5. The maximum atomic E-state index is 11.3. The Labute approximate surface area is 68.3 Å². The van der Waals surface area contributed by atoms with Crippen molar-refractivity contribution in [3.63, 3.8) is 0 Å². The number of amides is 1. The van der Waals surface area contributed by atoms with Crippen LogP contribution in [0.1, 0.15) is 0 Å². The van der Waals surface area contributed by atoms with Gasteiger partial charge in [-0.2, -0.15) is 0 Å². The summed E-state index contributed by atoms with van der Waals surface area (Å²) < 4.78 is 34.0. The predicted molar refractivity (Wildman–Crippen MR) is 24.8 cm³/mol. The highest BCUT2D eigenvalue weighted by molar-refractivity contribution is 5.62. The molecule has 0 fully saturated rings. The van der Waals surface area contributed by atoms with E-state index in [1.165, 1.54) is 0 Å². The number of halogens is 3. The summed E-state index contributed by atoms with van der Waals surface area (Å²) in [5.41, 5.74) is 0. The van der Waals surface area contributed by atoms with Gasteiger partial charge in [0.2, 0.25) is 0 Å². The number of nitriles is 1. The fourth-order valence-corrected chi connectivity index (χ4v) is 0.231. The van der Waals surface area contributed by atoms with Crippen molar-refractivity contribution in [2.75, 3.05) is 0 Å². The first-order chi connectivity index (χ1) is 5.87. The zero-order valence-corrected chi connectivity index (χ0v) is 5.61. The molecule has 0 heterocycles. The smallest absolute Gasteiger partial charge is 0.462 e. The number of hydrogen-bond donors (Lipinski definition) is 1. The average Bonchev–Trinajstić information content (AvgIpc) is 1.95. The van der Waals surface area contributed by atoms with Crippen LogP contribution in [0.15, 0.2) is 0 Å². The number of rotatable bonds is 3. The molecule has 7 nitrogen and oxygen atoms in total. The molecule has 0 atom stereocenters. The van der Waals surface area contributed by atoms with Gasteiger partial charge in [0.15, 0.2) is 0 Å². The van der Waals surface area contributed by atoms with Gasteiger partial charge < -0.3 is 5.11 Å². The maximum absolute atomic E-state index is 11.3. The summed E-state index contributed by atoms with van der Waals surface area (Å²) >= 11 is 0. The summed E-state index contributed by atoms with van der Waals surface area (Å²) in [5, 5.41) is 14.5. The monoisotopic (exact) mass is 202 g/mol. The lowest BCUT2D eigenvalue weighted by atomic mass is 11.2. The molecule has 0 radical (unpaired) electrons. The lowest BCUT2D eigenvalue weighted by molar-refractivity contribution is -0.544. The Morgan fingerprint density at radius 3 is 2.38 bits per heavy atom. The SMILES string of the molecule is N#COON(OC(F)(F)F)C(=O)O. The molecule has 13 heavy (non-hydrogen) atoms. The van der Waals surface area contributed by atoms with Gasteiger partial charge in [0.25, 0.3) is 0 Å². The number of carboxylic acid groups (broad SMARTS) is 1. The van der Waals surface area contributed by atoms with Crippen molar-refractivity contribution >= 4 is 6.09 Å². The van der Waals surface area contributed by atoms with Crippen LogP contribution < -0.4 is 0 Å². The van der Waals surface area contributed by atoms with Crippen LogP contribution in [-0.2, 0) is 14.7 Å². The predicted octanol–water partition coefficient (Wildman–Crippen LogP) is 0.762. The van der Waals surface area contributed by atoms with Gasteiger partial charge >= 0.3 is 18.7 Å². The Morgan fingerprint density at radius 1 is 1.54 bits per heavy atom. The van der Waals surface area contributed by atoms with Gasteiger partial charge in [-0.15, -0.1) is 23.3 Å². The number of nitrogens with zero attached hydrogens (tertiary/aromatic N) is 2. The van der Waals surface area contributed by atoms with Crippen molar-refractivity contribution < 1.29 is 37.8 Å². The summed E-state index contributed by atoms with van der Waals surface area (Å²) in [6.07, 6.45) is -6.75. The van der Waals surface area contributed by atoms with Crippen LogP contribution in [0.4, 0.5) is 18.0 Å². The zero-order valence-electron chi connectivity index (χ0n) is 5.61. The lowest BCUT2D eigenvalue weighted by Crippen LogP contribution is -2.35. The number of hydroxylamine groups is 2. The molecule has 0 aromatic carbocycles. The van der Waals surface area contributed by atoms with E-state index >= 15 is 0 Å². The third-order valence-corrected chi connectivity index (χ3v) is 0.485. The summed E-state index contributed by atoms with van der Waals surface area (Å²) in [6.45, 7) is 0. The van der Waals surface area contributed by atoms with Crippen LogP contribution in [0.5, 0.6) is 0 Å². The van der Waals surface area contributed by atoms with E-state index < -0.39 is 17.7 Å². The maximum Gasteiger partial charge on any atom is 0.546 e. The van der Waals surface area contributed by atoms with Crippen LogP contribution >= 0.6 is 0 Å². The molecule has 0 aliphatic carbocycles. The molecule has 0 aromatic rings. The molecule has 0 unspecified atom stereocenters. The van der Waals surface area contributed by atoms with Gasteiger partial charge in [-0.25, -0.2) is 9.68 Å². The third-order valence-electron chi connectivity index (χ3n) is 0.485. The molecule has 1 N–H and O–H groups in total. The molecule has 0 aliphatic rings. The molecule has 0 bridgehead atoms. The molecule has 10 heteroatoms. The van der Waals surface area contributed by atoms with Crippen molar-refractivity contribution in [2.24, 2.45) is 0 Å². The van der Waals surface area contributed by atoms with Gasteiger partial charge in [-0.3, -0.25) is 0 Å². The Hall–Kier alpha value is -1.73. The van der Waals surface area contributed by atoms with E-state index in [-0.39, 0.29) is 0 Å². The first kappa shape index (κ1) is 11.3. The minimum atomic E-state index is -5.27. The molecule has 0 aliphatic heterocycles. The number of hydrogen-bond acceptors (Lipinski definition) is 5. The highest BCUT2D eigenvalue weighted by Crippen LogP contribution is 2.18. The molecule has 74 valence electrons.